The summed E-state index contributed by atoms with van der Waals surface area (Å²) >= 11 is 2.48. The highest BCUT2D eigenvalue weighted by atomic mass is 127. The summed E-state index contributed by atoms with van der Waals surface area (Å²) in [7, 11) is 0. The number of rotatable bonds is 7. The smallest absolute Gasteiger partial charge is 0.000463 e. The topological polar surface area (TPSA) is 0 Å². The third-order valence-electron chi connectivity index (χ3n) is 2.14. The Kier molecular flexibility index (Phi) is 9.41. The average Bonchev–Trinajstić information content (AvgIpc) is 2.01. The molecule has 0 aromatic rings. The standard InChI is InChI=1S/C10H21I/c1-3-6-10(7-4-2)8-5-9-11/h10H,3-9H2,1-2H3. The van der Waals surface area contributed by atoms with Crippen LogP contribution in [0.5, 0.6) is 0 Å². The van der Waals surface area contributed by atoms with Gasteiger partial charge in [-0.15, -0.1) is 0 Å². The van der Waals surface area contributed by atoms with Crippen LogP contribution in [0, 0.1) is 5.92 Å². The van der Waals surface area contributed by atoms with Gasteiger partial charge in [-0.2, -0.15) is 0 Å². The van der Waals surface area contributed by atoms with E-state index in [0.29, 0.717) is 0 Å². The molecule has 0 N–H and O–H groups in total. The normalized spacial score (nSPS) is 10.9. The van der Waals surface area contributed by atoms with E-state index < -0.39 is 0 Å². The average molecular weight is 268 g/mol. The van der Waals surface area contributed by atoms with Gasteiger partial charge in [0.25, 0.3) is 0 Å². The van der Waals surface area contributed by atoms with Crippen molar-refractivity contribution in [1.29, 1.82) is 0 Å². The van der Waals surface area contributed by atoms with Crippen LogP contribution in [0.25, 0.3) is 0 Å². The molecule has 0 aliphatic rings. The van der Waals surface area contributed by atoms with E-state index in [2.05, 4.69) is 36.4 Å². The summed E-state index contributed by atoms with van der Waals surface area (Å²) < 4.78 is 1.34. The van der Waals surface area contributed by atoms with Crippen molar-refractivity contribution in [2.24, 2.45) is 5.92 Å². The minimum Gasteiger partial charge on any atom is -0.0864 e. The van der Waals surface area contributed by atoms with Crippen molar-refractivity contribution in [3.05, 3.63) is 0 Å². The Morgan fingerprint density at radius 1 is 1.00 bits per heavy atom. The maximum absolute atomic E-state index is 2.48. The van der Waals surface area contributed by atoms with E-state index in [1.54, 1.807) is 0 Å². The number of hydrogen-bond acceptors (Lipinski definition) is 0. The van der Waals surface area contributed by atoms with E-state index >= 15 is 0 Å². The van der Waals surface area contributed by atoms with Gasteiger partial charge in [0.05, 0.1) is 0 Å². The summed E-state index contributed by atoms with van der Waals surface area (Å²) in [6, 6.07) is 0. The summed E-state index contributed by atoms with van der Waals surface area (Å²) in [5.41, 5.74) is 0. The van der Waals surface area contributed by atoms with Gasteiger partial charge in [0.2, 0.25) is 0 Å². The van der Waals surface area contributed by atoms with Gasteiger partial charge >= 0.3 is 0 Å². The van der Waals surface area contributed by atoms with Gasteiger partial charge in [-0.3, -0.25) is 0 Å². The maximum Gasteiger partial charge on any atom is -0.000463 e. The van der Waals surface area contributed by atoms with Crippen LogP contribution in [0.2, 0.25) is 0 Å². The summed E-state index contributed by atoms with van der Waals surface area (Å²) in [6.45, 7) is 4.60. The predicted octanol–water partition coefficient (Wildman–Crippen LogP) is 4.42. The summed E-state index contributed by atoms with van der Waals surface area (Å²) in [6.07, 6.45) is 8.52. The zero-order chi connectivity index (χ0) is 8.53. The highest BCUT2D eigenvalue weighted by Gasteiger charge is 2.04. The van der Waals surface area contributed by atoms with Gasteiger partial charge in [-0.05, 0) is 23.2 Å². The second-order valence-corrected chi connectivity index (χ2v) is 4.35. The van der Waals surface area contributed by atoms with Crippen LogP contribution in [0.15, 0.2) is 0 Å². The molecule has 0 unspecified atom stereocenters. The highest BCUT2D eigenvalue weighted by molar-refractivity contribution is 14.1. The van der Waals surface area contributed by atoms with Gasteiger partial charge in [-0.1, -0.05) is 62.1 Å². The molecule has 0 aliphatic carbocycles. The quantitative estimate of drug-likeness (QED) is 0.473. The van der Waals surface area contributed by atoms with Crippen molar-refractivity contribution in [2.75, 3.05) is 4.43 Å². The molecule has 0 fully saturated rings. The molecule has 0 bridgehead atoms. The third-order valence-corrected chi connectivity index (χ3v) is 2.90. The van der Waals surface area contributed by atoms with Crippen LogP contribution < -0.4 is 0 Å². The minimum atomic E-state index is 1.03. The molecule has 0 atom stereocenters. The van der Waals surface area contributed by atoms with E-state index in [4.69, 9.17) is 0 Å². The first-order valence-electron chi connectivity index (χ1n) is 4.91. The van der Waals surface area contributed by atoms with Crippen LogP contribution in [0.3, 0.4) is 0 Å². The van der Waals surface area contributed by atoms with Gasteiger partial charge in [-0.25, -0.2) is 0 Å². The second kappa shape index (κ2) is 8.82. The molecule has 11 heavy (non-hydrogen) atoms. The molecule has 0 amide bonds. The van der Waals surface area contributed by atoms with Gasteiger partial charge in [0.1, 0.15) is 0 Å². The Bertz CT molecular complexity index is 65.3. The lowest BCUT2D eigenvalue weighted by molar-refractivity contribution is 0.409. The molecule has 0 aromatic heterocycles. The highest BCUT2D eigenvalue weighted by Crippen LogP contribution is 2.19. The zero-order valence-corrected chi connectivity index (χ0v) is 10.1. The fourth-order valence-corrected chi connectivity index (χ4v) is 2.06. The van der Waals surface area contributed by atoms with Crippen LogP contribution in [-0.4, -0.2) is 4.43 Å². The lowest BCUT2D eigenvalue weighted by atomic mass is 9.94. The third kappa shape index (κ3) is 7.10. The summed E-state index contributed by atoms with van der Waals surface area (Å²) in [4.78, 5) is 0. The van der Waals surface area contributed by atoms with Gasteiger partial charge in [0, 0.05) is 0 Å². The van der Waals surface area contributed by atoms with E-state index in [1.807, 2.05) is 0 Å². The fourth-order valence-electron chi connectivity index (χ4n) is 1.62. The molecule has 0 nitrogen and oxygen atoms in total. The van der Waals surface area contributed by atoms with Crippen LogP contribution in [0.4, 0.5) is 0 Å². The van der Waals surface area contributed by atoms with Gasteiger partial charge in [0.15, 0.2) is 0 Å². The summed E-state index contributed by atoms with van der Waals surface area (Å²) in [5.74, 6) is 1.03. The van der Waals surface area contributed by atoms with E-state index in [1.165, 1.54) is 43.0 Å². The monoisotopic (exact) mass is 268 g/mol. The molecule has 0 saturated carbocycles. The number of hydrogen-bond donors (Lipinski definition) is 0. The van der Waals surface area contributed by atoms with Crippen molar-refractivity contribution in [1.82, 2.24) is 0 Å². The Morgan fingerprint density at radius 2 is 1.55 bits per heavy atom. The molecular weight excluding hydrogens is 247 g/mol. The van der Waals surface area contributed by atoms with E-state index in [-0.39, 0.29) is 0 Å². The molecule has 1 heteroatoms. The molecule has 0 saturated heterocycles. The van der Waals surface area contributed by atoms with Crippen LogP contribution in [-0.2, 0) is 0 Å². The molecule has 0 rings (SSSR count). The lowest BCUT2D eigenvalue weighted by Gasteiger charge is -2.13. The molecule has 0 aliphatic heterocycles. The molecule has 0 radical (unpaired) electrons. The Hall–Kier alpha value is 0.730. The van der Waals surface area contributed by atoms with E-state index in [0.717, 1.165) is 5.92 Å². The first kappa shape index (κ1) is 11.7. The largest absolute Gasteiger partial charge is 0.0864 e. The van der Waals surface area contributed by atoms with E-state index in [9.17, 15) is 0 Å². The molecule has 0 spiro atoms. The van der Waals surface area contributed by atoms with Crippen molar-refractivity contribution in [3.63, 3.8) is 0 Å². The Labute approximate surface area is 85.3 Å². The number of halogens is 1. The summed E-state index contributed by atoms with van der Waals surface area (Å²) in [5, 5.41) is 0. The zero-order valence-electron chi connectivity index (χ0n) is 7.91. The Morgan fingerprint density at radius 3 is 1.91 bits per heavy atom. The van der Waals surface area contributed by atoms with Crippen molar-refractivity contribution in [2.45, 2.75) is 52.4 Å². The predicted molar refractivity (Wildman–Crippen MR) is 61.4 cm³/mol. The first-order valence-corrected chi connectivity index (χ1v) is 6.43. The van der Waals surface area contributed by atoms with Crippen molar-refractivity contribution in [3.8, 4) is 0 Å². The molecule has 0 aromatic carbocycles. The van der Waals surface area contributed by atoms with Gasteiger partial charge < -0.3 is 0 Å². The molecule has 68 valence electrons. The van der Waals surface area contributed by atoms with Crippen LogP contribution >= 0.6 is 22.6 Å². The number of alkyl halides is 1. The molecule has 0 heterocycles. The fraction of sp³-hybridized carbons (Fsp3) is 1.00. The SMILES string of the molecule is CCCC(CCC)CCCI. The minimum absolute atomic E-state index is 1.03. The molecular formula is C10H21I. The van der Waals surface area contributed by atoms with Crippen molar-refractivity contribution >= 4 is 22.6 Å². The first-order chi connectivity index (χ1) is 5.35. The second-order valence-electron chi connectivity index (χ2n) is 3.27. The maximum atomic E-state index is 2.48. The van der Waals surface area contributed by atoms with Crippen molar-refractivity contribution < 1.29 is 0 Å². The Balaban J connectivity index is 3.34. The lowest BCUT2D eigenvalue weighted by Crippen LogP contribution is -1.99. The van der Waals surface area contributed by atoms with Crippen LogP contribution in [0.1, 0.15) is 52.4 Å².